The molecule has 9 heteroatoms. The van der Waals surface area contributed by atoms with Crippen molar-refractivity contribution in [2.45, 2.75) is 6.54 Å². The predicted molar refractivity (Wildman–Crippen MR) is 119 cm³/mol. The van der Waals surface area contributed by atoms with Crippen molar-refractivity contribution in [3.05, 3.63) is 97.4 Å². The number of carbonyl (C=O) groups is 2. The van der Waals surface area contributed by atoms with Crippen molar-refractivity contribution in [2.75, 3.05) is 5.01 Å². The average Bonchev–Trinajstić information content (AvgIpc) is 3.28. The van der Waals surface area contributed by atoms with E-state index in [9.17, 15) is 19.7 Å². The summed E-state index contributed by atoms with van der Waals surface area (Å²) in [6.07, 6.45) is 3.25. The summed E-state index contributed by atoms with van der Waals surface area (Å²) in [6.45, 7) is 0.236. The Morgan fingerprint density at radius 3 is 2.50 bits per heavy atom. The van der Waals surface area contributed by atoms with E-state index in [1.165, 1.54) is 17.2 Å². The molecule has 1 aliphatic heterocycles. The van der Waals surface area contributed by atoms with Gasteiger partial charge < -0.3 is 4.57 Å². The lowest BCUT2D eigenvalue weighted by molar-refractivity contribution is -0.385. The van der Waals surface area contributed by atoms with E-state index in [-0.39, 0.29) is 17.8 Å². The van der Waals surface area contributed by atoms with Gasteiger partial charge in [0.25, 0.3) is 17.5 Å². The largest absolute Gasteiger partial charge is 0.343 e. The smallest absolute Gasteiger partial charge is 0.282 e. The van der Waals surface area contributed by atoms with Gasteiger partial charge in [-0.25, -0.2) is 5.01 Å². The molecular formula is C21H15IN4O4. The molecule has 0 aliphatic carbocycles. The molecule has 4 rings (SSSR count). The van der Waals surface area contributed by atoms with Crippen LogP contribution in [0.15, 0.2) is 72.4 Å². The standard InChI is InChI=1S/C21H15IN4O4/c22-15-7-9-16(10-8-15)25-21(28)18(20(27)23-25)12-17-5-3-11-24(17)13-14-4-1-2-6-19(14)26(29)30/h1-12H,13H2,(H,23,27). The number of rotatable bonds is 5. The second kappa shape index (κ2) is 8.11. The molecule has 1 saturated heterocycles. The first-order valence-corrected chi connectivity index (χ1v) is 10.0. The van der Waals surface area contributed by atoms with Crippen LogP contribution in [0.25, 0.3) is 6.08 Å². The number of hydrazine groups is 1. The van der Waals surface area contributed by atoms with Crippen LogP contribution in [0.5, 0.6) is 0 Å². The van der Waals surface area contributed by atoms with E-state index in [1.807, 2.05) is 12.1 Å². The maximum atomic E-state index is 12.8. The number of para-hydroxylation sites is 1. The fraction of sp³-hybridized carbons (Fsp3) is 0.0476. The van der Waals surface area contributed by atoms with Gasteiger partial charge in [-0.15, -0.1) is 0 Å². The summed E-state index contributed by atoms with van der Waals surface area (Å²) in [5, 5.41) is 12.5. The molecule has 0 spiro atoms. The number of nitrogens with zero attached hydrogens (tertiary/aromatic N) is 3. The first-order valence-electron chi connectivity index (χ1n) is 8.94. The maximum absolute atomic E-state index is 12.8. The molecule has 2 aromatic carbocycles. The number of amides is 2. The summed E-state index contributed by atoms with van der Waals surface area (Å²) in [5.41, 5.74) is 4.27. The van der Waals surface area contributed by atoms with Crippen LogP contribution in [0.2, 0.25) is 0 Å². The zero-order valence-corrected chi connectivity index (χ0v) is 17.6. The fourth-order valence-corrected chi connectivity index (χ4v) is 3.55. The Labute approximate surface area is 185 Å². The summed E-state index contributed by atoms with van der Waals surface area (Å²) in [4.78, 5) is 36.1. The third kappa shape index (κ3) is 3.83. The van der Waals surface area contributed by atoms with Crippen molar-refractivity contribution >= 4 is 51.9 Å². The van der Waals surface area contributed by atoms with Crippen molar-refractivity contribution in [1.29, 1.82) is 0 Å². The lowest BCUT2D eigenvalue weighted by Crippen LogP contribution is -2.35. The zero-order chi connectivity index (χ0) is 21.3. The average molecular weight is 514 g/mol. The first kappa shape index (κ1) is 19.8. The van der Waals surface area contributed by atoms with E-state index in [4.69, 9.17) is 0 Å². The molecular weight excluding hydrogens is 499 g/mol. The molecule has 0 bridgehead atoms. The number of hydrogen-bond donors (Lipinski definition) is 1. The van der Waals surface area contributed by atoms with Crippen LogP contribution in [-0.4, -0.2) is 21.3 Å². The molecule has 3 aromatic rings. The Morgan fingerprint density at radius 1 is 1.03 bits per heavy atom. The van der Waals surface area contributed by atoms with Crippen LogP contribution in [-0.2, 0) is 16.1 Å². The molecule has 8 nitrogen and oxygen atoms in total. The van der Waals surface area contributed by atoms with Gasteiger partial charge in [0.1, 0.15) is 5.57 Å². The first-order chi connectivity index (χ1) is 14.4. The minimum Gasteiger partial charge on any atom is -0.343 e. The number of anilines is 1. The number of nitro groups is 1. The topological polar surface area (TPSA) is 97.5 Å². The van der Waals surface area contributed by atoms with Crippen molar-refractivity contribution in [1.82, 2.24) is 9.99 Å². The third-order valence-electron chi connectivity index (χ3n) is 4.66. The molecule has 30 heavy (non-hydrogen) atoms. The summed E-state index contributed by atoms with van der Waals surface area (Å²) in [6, 6.07) is 17.2. The highest BCUT2D eigenvalue weighted by Crippen LogP contribution is 2.24. The molecule has 150 valence electrons. The van der Waals surface area contributed by atoms with Gasteiger partial charge in [-0.2, -0.15) is 0 Å². The summed E-state index contributed by atoms with van der Waals surface area (Å²) in [5.74, 6) is -0.961. The van der Waals surface area contributed by atoms with E-state index < -0.39 is 16.7 Å². The number of benzene rings is 2. The summed E-state index contributed by atoms with van der Waals surface area (Å²) < 4.78 is 2.77. The van der Waals surface area contributed by atoms with Gasteiger partial charge in [0.15, 0.2) is 0 Å². The van der Waals surface area contributed by atoms with Crippen LogP contribution < -0.4 is 10.4 Å². The molecule has 0 radical (unpaired) electrons. The van der Waals surface area contributed by atoms with Crippen LogP contribution in [0, 0.1) is 13.7 Å². The molecule has 0 atom stereocenters. The Balaban J connectivity index is 1.63. The van der Waals surface area contributed by atoms with E-state index in [1.54, 1.807) is 53.2 Å². The molecule has 1 aromatic heterocycles. The Bertz CT molecular complexity index is 1180. The Kier molecular flexibility index (Phi) is 5.36. The number of nitrogens with one attached hydrogen (secondary N) is 1. The van der Waals surface area contributed by atoms with Gasteiger partial charge in [0, 0.05) is 27.1 Å². The number of halogens is 1. The summed E-state index contributed by atoms with van der Waals surface area (Å²) in [7, 11) is 0. The predicted octanol–water partition coefficient (Wildman–Crippen LogP) is 3.51. The SMILES string of the molecule is O=C1NN(c2ccc(I)cc2)C(=O)C1=Cc1cccn1Cc1ccccc1[N+](=O)[O-]. The van der Waals surface area contributed by atoms with E-state index >= 15 is 0 Å². The van der Waals surface area contributed by atoms with Gasteiger partial charge in [0.05, 0.1) is 17.2 Å². The fourth-order valence-electron chi connectivity index (χ4n) is 3.19. The highest BCUT2D eigenvalue weighted by Gasteiger charge is 2.34. The van der Waals surface area contributed by atoms with Gasteiger partial charge in [-0.3, -0.25) is 25.1 Å². The third-order valence-corrected chi connectivity index (χ3v) is 5.38. The van der Waals surface area contributed by atoms with Crippen LogP contribution in [0.3, 0.4) is 0 Å². The number of hydrogen-bond acceptors (Lipinski definition) is 4. The summed E-state index contributed by atoms with van der Waals surface area (Å²) >= 11 is 2.16. The molecule has 1 aliphatic rings. The highest BCUT2D eigenvalue weighted by molar-refractivity contribution is 14.1. The molecule has 1 N–H and O–H groups in total. The highest BCUT2D eigenvalue weighted by atomic mass is 127. The lowest BCUT2D eigenvalue weighted by Gasteiger charge is -2.14. The van der Waals surface area contributed by atoms with Crippen molar-refractivity contribution in [2.24, 2.45) is 0 Å². The molecule has 2 heterocycles. The normalized spacial score (nSPS) is 15.0. The molecule has 0 unspecified atom stereocenters. The van der Waals surface area contributed by atoms with Gasteiger partial charge in [-0.05, 0) is 65.1 Å². The minimum atomic E-state index is -0.503. The van der Waals surface area contributed by atoms with Crippen LogP contribution >= 0.6 is 22.6 Å². The van der Waals surface area contributed by atoms with E-state index in [2.05, 4.69) is 28.0 Å². The molecule has 0 saturated carbocycles. The second-order valence-electron chi connectivity index (χ2n) is 6.56. The van der Waals surface area contributed by atoms with E-state index in [0.29, 0.717) is 16.9 Å². The van der Waals surface area contributed by atoms with Crippen molar-refractivity contribution in [3.8, 4) is 0 Å². The number of carbonyl (C=O) groups excluding carboxylic acids is 2. The quantitative estimate of drug-likeness (QED) is 0.185. The minimum absolute atomic E-state index is 0.00365. The zero-order valence-electron chi connectivity index (χ0n) is 15.5. The molecule has 1 fully saturated rings. The van der Waals surface area contributed by atoms with Crippen LogP contribution in [0.4, 0.5) is 11.4 Å². The van der Waals surface area contributed by atoms with Crippen molar-refractivity contribution < 1.29 is 14.5 Å². The second-order valence-corrected chi connectivity index (χ2v) is 7.81. The van der Waals surface area contributed by atoms with Crippen LogP contribution in [0.1, 0.15) is 11.3 Å². The van der Waals surface area contributed by atoms with Gasteiger partial charge >= 0.3 is 0 Å². The van der Waals surface area contributed by atoms with Gasteiger partial charge in [0.2, 0.25) is 0 Å². The van der Waals surface area contributed by atoms with E-state index in [0.717, 1.165) is 3.57 Å². The maximum Gasteiger partial charge on any atom is 0.282 e. The Morgan fingerprint density at radius 2 is 1.77 bits per heavy atom. The lowest BCUT2D eigenvalue weighted by atomic mass is 10.1. The Hall–Kier alpha value is -3.47. The van der Waals surface area contributed by atoms with Gasteiger partial charge in [-0.1, -0.05) is 18.2 Å². The monoisotopic (exact) mass is 514 g/mol. The number of aromatic nitrogens is 1. The van der Waals surface area contributed by atoms with Crippen molar-refractivity contribution in [3.63, 3.8) is 0 Å². The number of nitro benzene ring substituents is 1. The molecule has 2 amide bonds.